The van der Waals surface area contributed by atoms with Gasteiger partial charge in [0.25, 0.3) is 5.91 Å². The Morgan fingerprint density at radius 1 is 1.20 bits per heavy atom. The molecule has 1 amide bonds. The summed E-state index contributed by atoms with van der Waals surface area (Å²) in [5.74, 6) is -1.47. The number of nitrogens with one attached hydrogen (secondary N) is 1. The van der Waals surface area contributed by atoms with E-state index in [1.807, 2.05) is 38.1 Å². The van der Waals surface area contributed by atoms with Gasteiger partial charge in [0.1, 0.15) is 11.3 Å². The molecular formula is C19H20ClNO4. The Labute approximate surface area is 151 Å². The van der Waals surface area contributed by atoms with E-state index in [0.717, 1.165) is 11.1 Å². The number of aromatic hydroxyl groups is 1. The number of hydrogen-bond acceptors (Lipinski definition) is 4. The second kappa shape index (κ2) is 8.53. The van der Waals surface area contributed by atoms with E-state index in [9.17, 15) is 14.7 Å². The number of esters is 1. The summed E-state index contributed by atoms with van der Waals surface area (Å²) in [4.78, 5) is 24.0. The third-order valence-electron chi connectivity index (χ3n) is 3.74. The van der Waals surface area contributed by atoms with Crippen LogP contribution in [0, 0.1) is 6.92 Å². The van der Waals surface area contributed by atoms with Gasteiger partial charge < -0.3 is 15.2 Å². The number of carbonyl (C=O) groups excluding carboxylic acids is 2. The lowest BCUT2D eigenvalue weighted by atomic mass is 10.0. The van der Waals surface area contributed by atoms with Crippen molar-refractivity contribution in [3.63, 3.8) is 0 Å². The fourth-order valence-corrected chi connectivity index (χ4v) is 2.51. The average Bonchev–Trinajstić information content (AvgIpc) is 2.60. The van der Waals surface area contributed by atoms with Crippen molar-refractivity contribution in [2.45, 2.75) is 26.3 Å². The molecule has 0 aliphatic heterocycles. The van der Waals surface area contributed by atoms with Gasteiger partial charge in [-0.2, -0.15) is 0 Å². The Bertz CT molecular complexity index is 759. The molecule has 25 heavy (non-hydrogen) atoms. The van der Waals surface area contributed by atoms with E-state index in [-0.39, 0.29) is 17.4 Å². The fourth-order valence-electron chi connectivity index (χ4n) is 2.34. The molecule has 0 saturated heterocycles. The molecule has 5 nitrogen and oxygen atoms in total. The molecule has 2 aromatic rings. The van der Waals surface area contributed by atoms with E-state index >= 15 is 0 Å². The third kappa shape index (κ3) is 5.22. The normalized spacial score (nSPS) is 11.6. The largest absolute Gasteiger partial charge is 0.507 e. The Morgan fingerprint density at radius 3 is 2.52 bits per heavy atom. The molecule has 0 spiro atoms. The average molecular weight is 362 g/mol. The van der Waals surface area contributed by atoms with E-state index in [1.165, 1.54) is 18.2 Å². The molecule has 0 radical (unpaired) electrons. The van der Waals surface area contributed by atoms with Crippen LogP contribution in [0.2, 0.25) is 5.02 Å². The van der Waals surface area contributed by atoms with Gasteiger partial charge in [-0.05, 0) is 37.1 Å². The van der Waals surface area contributed by atoms with Crippen molar-refractivity contribution in [2.24, 2.45) is 0 Å². The fraction of sp³-hybridized carbons (Fsp3) is 0.263. The van der Waals surface area contributed by atoms with Gasteiger partial charge in [0.15, 0.2) is 6.61 Å². The highest BCUT2D eigenvalue weighted by atomic mass is 35.5. The molecule has 1 atom stereocenters. The summed E-state index contributed by atoms with van der Waals surface area (Å²) in [6.45, 7) is 3.52. The highest BCUT2D eigenvalue weighted by Crippen LogP contribution is 2.22. The summed E-state index contributed by atoms with van der Waals surface area (Å²) >= 11 is 5.79. The van der Waals surface area contributed by atoms with Crippen molar-refractivity contribution >= 4 is 23.5 Å². The molecule has 0 aromatic heterocycles. The van der Waals surface area contributed by atoms with Crippen LogP contribution >= 0.6 is 11.6 Å². The number of benzene rings is 2. The number of phenolic OH excluding ortho intramolecular Hbond substituents is 1. The van der Waals surface area contributed by atoms with Crippen LogP contribution in [0.5, 0.6) is 5.75 Å². The van der Waals surface area contributed by atoms with Crippen LogP contribution in [0.4, 0.5) is 0 Å². The maximum absolute atomic E-state index is 12.1. The number of ether oxygens (including phenoxy) is 1. The molecule has 0 aliphatic rings. The van der Waals surface area contributed by atoms with Gasteiger partial charge in [0.05, 0.1) is 6.04 Å². The molecule has 0 aliphatic carbocycles. The van der Waals surface area contributed by atoms with Gasteiger partial charge in [-0.25, -0.2) is 4.79 Å². The lowest BCUT2D eigenvalue weighted by Crippen LogP contribution is -2.32. The van der Waals surface area contributed by atoms with Gasteiger partial charge >= 0.3 is 5.97 Å². The van der Waals surface area contributed by atoms with Crippen molar-refractivity contribution in [2.75, 3.05) is 6.61 Å². The molecule has 0 saturated carbocycles. The van der Waals surface area contributed by atoms with E-state index < -0.39 is 18.5 Å². The van der Waals surface area contributed by atoms with Crippen LogP contribution < -0.4 is 5.32 Å². The van der Waals surface area contributed by atoms with Gasteiger partial charge in [-0.1, -0.05) is 48.4 Å². The Balaban J connectivity index is 1.94. The minimum absolute atomic E-state index is 0.0779. The maximum Gasteiger partial charge on any atom is 0.342 e. The predicted molar refractivity (Wildman–Crippen MR) is 95.8 cm³/mol. The van der Waals surface area contributed by atoms with Crippen molar-refractivity contribution in [1.29, 1.82) is 0 Å². The van der Waals surface area contributed by atoms with Crippen LogP contribution in [-0.4, -0.2) is 23.6 Å². The van der Waals surface area contributed by atoms with Gasteiger partial charge in [-0.15, -0.1) is 0 Å². The first-order valence-corrected chi connectivity index (χ1v) is 8.30. The monoisotopic (exact) mass is 361 g/mol. The number of rotatable bonds is 6. The minimum atomic E-state index is -0.807. The standard InChI is InChI=1S/C19H20ClNO4/c1-3-16(13-6-4-12(2)5-7-13)21-18(23)11-25-19(24)15-10-14(20)8-9-17(15)22/h4-10,16,22H,3,11H2,1-2H3,(H,21,23)/t16-/m1/s1. The number of aryl methyl sites for hydroxylation is 1. The lowest BCUT2D eigenvalue weighted by Gasteiger charge is -2.17. The number of amides is 1. The molecule has 6 heteroatoms. The summed E-state index contributed by atoms with van der Waals surface area (Å²) in [6, 6.07) is 11.7. The van der Waals surface area contributed by atoms with Crippen molar-refractivity contribution < 1.29 is 19.4 Å². The van der Waals surface area contributed by atoms with Crippen LogP contribution in [0.3, 0.4) is 0 Å². The molecule has 2 N–H and O–H groups in total. The van der Waals surface area contributed by atoms with Crippen LogP contribution in [0.15, 0.2) is 42.5 Å². The second-order valence-corrected chi connectivity index (χ2v) is 6.11. The number of phenols is 1. The quantitative estimate of drug-likeness (QED) is 0.768. The summed E-state index contributed by atoms with van der Waals surface area (Å²) in [5.41, 5.74) is 2.05. The smallest absolute Gasteiger partial charge is 0.342 e. The first-order chi connectivity index (χ1) is 11.9. The zero-order valence-electron chi connectivity index (χ0n) is 14.1. The first-order valence-electron chi connectivity index (χ1n) is 7.92. The van der Waals surface area contributed by atoms with E-state index in [1.54, 1.807) is 0 Å². The van der Waals surface area contributed by atoms with Crippen LogP contribution in [0.25, 0.3) is 0 Å². The molecular weight excluding hydrogens is 342 g/mol. The van der Waals surface area contributed by atoms with E-state index in [4.69, 9.17) is 16.3 Å². The Kier molecular flexibility index (Phi) is 6.42. The maximum atomic E-state index is 12.1. The zero-order valence-corrected chi connectivity index (χ0v) is 14.8. The first kappa shape index (κ1) is 18.8. The molecule has 2 rings (SSSR count). The lowest BCUT2D eigenvalue weighted by molar-refractivity contribution is -0.125. The topological polar surface area (TPSA) is 75.6 Å². The summed E-state index contributed by atoms with van der Waals surface area (Å²) in [7, 11) is 0. The van der Waals surface area contributed by atoms with Crippen LogP contribution in [0.1, 0.15) is 40.9 Å². The third-order valence-corrected chi connectivity index (χ3v) is 3.97. The zero-order chi connectivity index (χ0) is 18.4. The second-order valence-electron chi connectivity index (χ2n) is 5.68. The molecule has 0 heterocycles. The van der Waals surface area contributed by atoms with Crippen molar-refractivity contribution in [3.8, 4) is 5.75 Å². The van der Waals surface area contributed by atoms with Crippen LogP contribution in [-0.2, 0) is 9.53 Å². The predicted octanol–water partition coefficient (Wildman–Crippen LogP) is 3.78. The molecule has 0 bridgehead atoms. The van der Waals surface area contributed by atoms with Crippen molar-refractivity contribution in [1.82, 2.24) is 5.32 Å². The highest BCUT2D eigenvalue weighted by Gasteiger charge is 2.17. The molecule has 2 aromatic carbocycles. The van der Waals surface area contributed by atoms with Gasteiger partial charge in [-0.3, -0.25) is 4.79 Å². The van der Waals surface area contributed by atoms with Gasteiger partial charge in [0, 0.05) is 5.02 Å². The Hall–Kier alpha value is -2.53. The molecule has 0 fully saturated rings. The van der Waals surface area contributed by atoms with E-state index in [0.29, 0.717) is 11.4 Å². The summed E-state index contributed by atoms with van der Waals surface area (Å²) in [5, 5.41) is 12.8. The van der Waals surface area contributed by atoms with Crippen molar-refractivity contribution in [3.05, 3.63) is 64.2 Å². The molecule has 132 valence electrons. The molecule has 0 unspecified atom stereocenters. The van der Waals surface area contributed by atoms with Gasteiger partial charge in [0.2, 0.25) is 0 Å². The number of halogens is 1. The van der Waals surface area contributed by atoms with E-state index in [2.05, 4.69) is 5.32 Å². The number of hydrogen-bond donors (Lipinski definition) is 2. The highest BCUT2D eigenvalue weighted by molar-refractivity contribution is 6.31. The summed E-state index contributed by atoms with van der Waals surface area (Å²) < 4.78 is 4.96. The summed E-state index contributed by atoms with van der Waals surface area (Å²) in [6.07, 6.45) is 0.706. The SMILES string of the molecule is CC[C@@H](NC(=O)COC(=O)c1cc(Cl)ccc1O)c1ccc(C)cc1. The Morgan fingerprint density at radius 2 is 1.88 bits per heavy atom. The minimum Gasteiger partial charge on any atom is -0.507 e. The number of carbonyl (C=O) groups is 2.